The Hall–Kier alpha value is -2.09. The zero-order chi connectivity index (χ0) is 15.7. The minimum Gasteiger partial charge on any atom is -0.495 e. The van der Waals surface area contributed by atoms with Gasteiger partial charge in [-0.3, -0.25) is 4.68 Å². The lowest BCUT2D eigenvalue weighted by atomic mass is 10.1. The number of rotatable bonds is 4. The Morgan fingerprint density at radius 1 is 1.33 bits per heavy atom. The van der Waals surface area contributed by atoms with Crippen molar-refractivity contribution in [2.75, 3.05) is 14.2 Å². The van der Waals surface area contributed by atoms with Crippen LogP contribution in [0, 0.1) is 5.82 Å². The highest BCUT2D eigenvalue weighted by atomic mass is 79.9. The summed E-state index contributed by atoms with van der Waals surface area (Å²) in [4.78, 5) is 11.0. The summed E-state index contributed by atoms with van der Waals surface area (Å²) in [6.45, 7) is 0. The summed E-state index contributed by atoms with van der Waals surface area (Å²) in [5.74, 6) is -1.42. The first-order valence-corrected chi connectivity index (χ1v) is 6.57. The van der Waals surface area contributed by atoms with Crippen LogP contribution in [0.5, 0.6) is 11.5 Å². The van der Waals surface area contributed by atoms with E-state index >= 15 is 0 Å². The molecule has 0 saturated heterocycles. The maximum atomic E-state index is 14.1. The fourth-order valence-electron chi connectivity index (χ4n) is 1.98. The Kier molecular flexibility index (Phi) is 4.17. The van der Waals surface area contributed by atoms with Gasteiger partial charge in [-0.25, -0.2) is 9.18 Å². The molecule has 0 aliphatic rings. The van der Waals surface area contributed by atoms with Gasteiger partial charge in [-0.2, -0.15) is 5.10 Å². The number of aromatic nitrogens is 2. The number of nitrogens with zero attached hydrogens (tertiary/aromatic N) is 2. The normalized spacial score (nSPS) is 10.5. The highest BCUT2D eigenvalue weighted by Gasteiger charge is 2.22. The summed E-state index contributed by atoms with van der Waals surface area (Å²) >= 11 is 3.22. The molecule has 1 aromatic heterocycles. The molecule has 0 fully saturated rings. The number of halogens is 2. The third-order valence-corrected chi connectivity index (χ3v) is 3.63. The number of aryl methyl sites for hydroxylation is 1. The van der Waals surface area contributed by atoms with Crippen LogP contribution in [0.2, 0.25) is 0 Å². The van der Waals surface area contributed by atoms with Crippen LogP contribution in [-0.2, 0) is 7.05 Å². The van der Waals surface area contributed by atoms with E-state index in [2.05, 4.69) is 21.0 Å². The number of hydrogen-bond donors (Lipinski definition) is 1. The Balaban J connectivity index is 2.72. The molecular formula is C13H12BrFN2O4. The number of methoxy groups -OCH3 is 2. The van der Waals surface area contributed by atoms with Crippen molar-refractivity contribution < 1.29 is 23.8 Å². The van der Waals surface area contributed by atoms with Crippen LogP contribution in [0.3, 0.4) is 0 Å². The van der Waals surface area contributed by atoms with Crippen molar-refractivity contribution in [1.82, 2.24) is 9.78 Å². The number of ether oxygens (including phenoxy) is 2. The molecule has 8 heteroatoms. The molecule has 21 heavy (non-hydrogen) atoms. The minimum absolute atomic E-state index is 0.0104. The van der Waals surface area contributed by atoms with Crippen molar-refractivity contribution in [3.63, 3.8) is 0 Å². The fraction of sp³-hybridized carbons (Fsp3) is 0.231. The lowest BCUT2D eigenvalue weighted by Gasteiger charge is -2.14. The summed E-state index contributed by atoms with van der Waals surface area (Å²) in [7, 11) is 4.33. The van der Waals surface area contributed by atoms with Gasteiger partial charge in [0, 0.05) is 12.6 Å². The predicted octanol–water partition coefficient (Wildman–Crippen LogP) is 2.70. The van der Waals surface area contributed by atoms with E-state index in [9.17, 15) is 9.18 Å². The van der Waals surface area contributed by atoms with E-state index in [1.165, 1.54) is 31.0 Å². The van der Waals surface area contributed by atoms with Crippen molar-refractivity contribution in [1.29, 1.82) is 0 Å². The van der Waals surface area contributed by atoms with Gasteiger partial charge in [-0.1, -0.05) is 0 Å². The van der Waals surface area contributed by atoms with Crippen LogP contribution in [0.15, 0.2) is 16.6 Å². The van der Waals surface area contributed by atoms with Crippen molar-refractivity contribution in [2.45, 2.75) is 0 Å². The molecule has 2 aromatic rings. The van der Waals surface area contributed by atoms with Gasteiger partial charge in [-0.05, 0) is 28.1 Å². The minimum atomic E-state index is -1.16. The van der Waals surface area contributed by atoms with E-state index in [4.69, 9.17) is 14.6 Å². The molecule has 1 N–H and O–H groups in total. The molecule has 2 rings (SSSR count). The van der Waals surface area contributed by atoms with Crippen LogP contribution in [0.4, 0.5) is 4.39 Å². The number of carbonyl (C=O) groups is 1. The quantitative estimate of drug-likeness (QED) is 0.909. The van der Waals surface area contributed by atoms with Crippen LogP contribution < -0.4 is 9.47 Å². The number of carboxylic acids is 1. The maximum absolute atomic E-state index is 14.1. The topological polar surface area (TPSA) is 73.6 Å². The Morgan fingerprint density at radius 2 is 1.95 bits per heavy atom. The summed E-state index contributed by atoms with van der Waals surface area (Å²) < 4.78 is 25.9. The Bertz CT molecular complexity index is 715. The van der Waals surface area contributed by atoms with Crippen LogP contribution in [0.1, 0.15) is 10.5 Å². The summed E-state index contributed by atoms with van der Waals surface area (Å²) in [6, 6.07) is 2.56. The molecule has 0 saturated carbocycles. The average Bonchev–Trinajstić information content (AvgIpc) is 2.81. The first-order chi connectivity index (χ1) is 9.90. The third-order valence-electron chi connectivity index (χ3n) is 2.91. The molecule has 0 atom stereocenters. The molecule has 0 aliphatic heterocycles. The molecule has 6 nitrogen and oxygen atoms in total. The number of carboxylic acid groups (broad SMARTS) is 1. The van der Waals surface area contributed by atoms with E-state index in [1.807, 2.05) is 0 Å². The van der Waals surface area contributed by atoms with E-state index in [-0.39, 0.29) is 11.4 Å². The number of aromatic carboxylic acids is 1. The largest absolute Gasteiger partial charge is 0.495 e. The van der Waals surface area contributed by atoms with Gasteiger partial charge >= 0.3 is 5.97 Å². The van der Waals surface area contributed by atoms with Gasteiger partial charge in [0.15, 0.2) is 17.3 Å². The molecule has 0 bridgehead atoms. The first-order valence-electron chi connectivity index (χ1n) is 5.78. The van der Waals surface area contributed by atoms with Crippen molar-refractivity contribution in [3.05, 3.63) is 28.1 Å². The summed E-state index contributed by atoms with van der Waals surface area (Å²) in [5, 5.41) is 12.8. The van der Waals surface area contributed by atoms with Crippen LogP contribution >= 0.6 is 15.9 Å². The van der Waals surface area contributed by atoms with Crippen LogP contribution in [0.25, 0.3) is 11.3 Å². The lowest BCUT2D eigenvalue weighted by molar-refractivity contribution is 0.0689. The second kappa shape index (κ2) is 5.72. The molecule has 1 heterocycles. The van der Waals surface area contributed by atoms with Crippen LogP contribution in [-0.4, -0.2) is 35.1 Å². The highest BCUT2D eigenvalue weighted by molar-refractivity contribution is 9.10. The Labute approximate surface area is 128 Å². The molecule has 0 aliphatic carbocycles. The SMILES string of the molecule is COc1c(F)cc(-c2cc(C(=O)O)nn2C)c(OC)c1Br. The summed E-state index contributed by atoms with van der Waals surface area (Å²) in [5.41, 5.74) is 0.638. The molecular weight excluding hydrogens is 347 g/mol. The van der Waals surface area contributed by atoms with E-state index in [1.54, 1.807) is 7.05 Å². The lowest BCUT2D eigenvalue weighted by Crippen LogP contribution is -2.01. The molecule has 112 valence electrons. The second-order valence-electron chi connectivity index (χ2n) is 4.13. The van der Waals surface area contributed by atoms with Gasteiger partial charge in [-0.15, -0.1) is 0 Å². The second-order valence-corrected chi connectivity index (χ2v) is 4.92. The Morgan fingerprint density at radius 3 is 2.43 bits per heavy atom. The zero-order valence-electron chi connectivity index (χ0n) is 11.5. The van der Waals surface area contributed by atoms with Crippen molar-refractivity contribution >= 4 is 21.9 Å². The molecule has 0 radical (unpaired) electrons. The smallest absolute Gasteiger partial charge is 0.356 e. The zero-order valence-corrected chi connectivity index (χ0v) is 13.1. The molecule has 1 aromatic carbocycles. The van der Waals surface area contributed by atoms with E-state index in [0.29, 0.717) is 21.5 Å². The van der Waals surface area contributed by atoms with Crippen molar-refractivity contribution in [3.8, 4) is 22.8 Å². The monoisotopic (exact) mass is 358 g/mol. The fourth-order valence-corrected chi connectivity index (χ4v) is 2.71. The molecule has 0 spiro atoms. The number of hydrogen-bond acceptors (Lipinski definition) is 4. The van der Waals surface area contributed by atoms with E-state index in [0.717, 1.165) is 0 Å². The molecule has 0 amide bonds. The van der Waals surface area contributed by atoms with Gasteiger partial charge in [0.2, 0.25) is 0 Å². The standard InChI is InChI=1S/C13H12BrFN2O4/c1-17-9(5-8(16-17)13(18)19)6-4-7(15)12(21-3)10(14)11(6)20-2/h4-5H,1-3H3,(H,18,19). The third kappa shape index (κ3) is 2.58. The number of benzene rings is 1. The average molecular weight is 359 g/mol. The van der Waals surface area contributed by atoms with Crippen molar-refractivity contribution in [2.24, 2.45) is 7.05 Å². The van der Waals surface area contributed by atoms with Gasteiger partial charge in [0.05, 0.1) is 19.9 Å². The van der Waals surface area contributed by atoms with E-state index < -0.39 is 11.8 Å². The highest BCUT2D eigenvalue weighted by Crippen LogP contribution is 2.43. The van der Waals surface area contributed by atoms with Gasteiger partial charge in [0.1, 0.15) is 10.2 Å². The maximum Gasteiger partial charge on any atom is 0.356 e. The predicted molar refractivity (Wildman–Crippen MR) is 76.4 cm³/mol. The first kappa shape index (κ1) is 15.3. The summed E-state index contributed by atoms with van der Waals surface area (Å²) in [6.07, 6.45) is 0. The van der Waals surface area contributed by atoms with Gasteiger partial charge in [0.25, 0.3) is 0 Å². The van der Waals surface area contributed by atoms with Gasteiger partial charge < -0.3 is 14.6 Å². The molecule has 0 unspecified atom stereocenters.